The van der Waals surface area contributed by atoms with E-state index in [-0.39, 0.29) is 49.3 Å². The Labute approximate surface area is 331 Å². The number of primary amides is 1. The number of likely N-dealkylation sites (N-methyl/N-ethyl adjacent to an activating group) is 1. The third-order valence-corrected chi connectivity index (χ3v) is 13.6. The van der Waals surface area contributed by atoms with Gasteiger partial charge in [-0.05, 0) is 46.0 Å². The zero-order chi connectivity index (χ0) is 42.1. The number of benzene rings is 1. The molecule has 0 radical (unpaired) electrons. The van der Waals surface area contributed by atoms with Crippen LogP contribution < -0.4 is 21.7 Å². The molecule has 0 bridgehead atoms. The smallest absolute Gasteiger partial charge is 0.424 e. The highest BCUT2D eigenvalue weighted by atomic mass is 32.2. The number of carbonyl (C=O) groups is 6. The number of urea groups is 1. The van der Waals surface area contributed by atoms with E-state index in [1.165, 1.54) is 11.9 Å². The molecule has 1 aromatic carbocycles. The Kier molecular flexibility index (Phi) is 13.3. The second-order valence-corrected chi connectivity index (χ2v) is 20.4. The molecule has 6 amide bonds. The van der Waals surface area contributed by atoms with E-state index in [1.807, 2.05) is 34.6 Å². The number of hydrogen-bond acceptors (Lipinski definition) is 9. The minimum Gasteiger partial charge on any atom is -0.444 e. The minimum absolute atomic E-state index is 0.00470. The van der Waals surface area contributed by atoms with Crippen molar-refractivity contribution in [2.24, 2.45) is 39.7 Å². The number of hydrogen-bond donors (Lipinski definition) is 4. The lowest BCUT2D eigenvalue weighted by Gasteiger charge is -2.39. The summed E-state index contributed by atoms with van der Waals surface area (Å²) in [4.78, 5) is 81.2. The highest BCUT2D eigenvalue weighted by molar-refractivity contribution is 7.87. The SMILES string of the molecule is CN(C[C@@H](NC(=O)N[C@H](C(=O)N1C[C@H]2[C@@H]([C@H]1C(=O)NC(CC1CCC1)C(=O)C(N)=O)C2(C)C)C(C)(C)C)C(C)(C)C)S(=O)(=O)N(C)C(=O)OCc1ccccc1. The third-order valence-electron chi connectivity index (χ3n) is 11.8. The molecule has 1 saturated heterocycles. The zero-order valence-corrected chi connectivity index (χ0v) is 35.2. The van der Waals surface area contributed by atoms with Gasteiger partial charge in [0.2, 0.25) is 17.6 Å². The van der Waals surface area contributed by atoms with Crippen molar-refractivity contribution in [1.82, 2.24) is 29.5 Å². The number of nitrogens with zero attached hydrogens (tertiary/aromatic N) is 3. The molecule has 56 heavy (non-hydrogen) atoms. The van der Waals surface area contributed by atoms with Crippen LogP contribution in [0.5, 0.6) is 0 Å². The van der Waals surface area contributed by atoms with Crippen molar-refractivity contribution in [3.63, 3.8) is 0 Å². The second-order valence-electron chi connectivity index (χ2n) is 18.3. The van der Waals surface area contributed by atoms with Gasteiger partial charge in [-0.2, -0.15) is 17.0 Å². The summed E-state index contributed by atoms with van der Waals surface area (Å²) in [6, 6.07) is 4.11. The van der Waals surface area contributed by atoms with E-state index < -0.39 is 80.8 Å². The largest absolute Gasteiger partial charge is 0.444 e. The maximum Gasteiger partial charge on any atom is 0.424 e. The molecule has 0 aromatic heterocycles. The lowest BCUT2D eigenvalue weighted by atomic mass is 9.80. The van der Waals surface area contributed by atoms with Crippen LogP contribution in [0.25, 0.3) is 0 Å². The van der Waals surface area contributed by atoms with Crippen LogP contribution in [0.3, 0.4) is 0 Å². The van der Waals surface area contributed by atoms with Crippen LogP contribution in [0.1, 0.15) is 86.6 Å². The van der Waals surface area contributed by atoms with E-state index in [1.54, 1.807) is 51.1 Å². The Morgan fingerprint density at radius 1 is 0.946 bits per heavy atom. The van der Waals surface area contributed by atoms with Gasteiger partial charge < -0.3 is 31.3 Å². The molecule has 312 valence electrons. The predicted octanol–water partition coefficient (Wildman–Crippen LogP) is 2.77. The molecule has 1 heterocycles. The predicted molar refractivity (Wildman–Crippen MR) is 208 cm³/mol. The minimum atomic E-state index is -4.38. The Morgan fingerprint density at radius 3 is 2.07 bits per heavy atom. The monoisotopic (exact) mass is 803 g/mol. The van der Waals surface area contributed by atoms with E-state index in [2.05, 4.69) is 16.0 Å². The van der Waals surface area contributed by atoms with Crippen LogP contribution in [-0.2, 0) is 40.7 Å². The van der Waals surface area contributed by atoms with Gasteiger partial charge in [-0.25, -0.2) is 9.59 Å². The van der Waals surface area contributed by atoms with Gasteiger partial charge in [0, 0.05) is 33.2 Å². The lowest BCUT2D eigenvalue weighted by Crippen LogP contribution is -2.63. The van der Waals surface area contributed by atoms with Crippen LogP contribution in [0.4, 0.5) is 9.59 Å². The van der Waals surface area contributed by atoms with Crippen molar-refractivity contribution < 1.29 is 41.9 Å². The van der Waals surface area contributed by atoms with Crippen LogP contribution in [0.15, 0.2) is 30.3 Å². The Hall–Kier alpha value is -4.25. The molecule has 3 aliphatic rings. The molecule has 4 rings (SSSR count). The molecule has 16 nitrogen and oxygen atoms in total. The lowest BCUT2D eigenvalue weighted by molar-refractivity contribution is -0.145. The number of likely N-dealkylation sites (tertiary alicyclic amines) is 1. The highest BCUT2D eigenvalue weighted by Crippen LogP contribution is 2.65. The summed E-state index contributed by atoms with van der Waals surface area (Å²) in [6.07, 6.45) is 1.98. The van der Waals surface area contributed by atoms with Crippen LogP contribution >= 0.6 is 0 Å². The standard InChI is InChI=1S/C39H61N7O9S/c1-37(2,3)27(21-44(9)56(53,54)45(10)36(52)55-22-24-15-12-11-13-16-24)42-35(51)43-31(38(4,5)6)34(50)46-20-25-28(39(25,7)8)29(46)33(49)41-26(30(47)32(40)48)19-23-17-14-18-23/h11-13,15-16,23,25-29,31H,14,17-22H2,1-10H3,(H2,40,48)(H,41,49)(H2,42,43,51)/t25-,26?,27+,28-,29-,31+/m0/s1. The van der Waals surface area contributed by atoms with Crippen molar-refractivity contribution in [2.45, 2.75) is 112 Å². The van der Waals surface area contributed by atoms with E-state index in [0.717, 1.165) is 30.6 Å². The number of carbonyl (C=O) groups excluding carboxylic acids is 6. The molecular formula is C39H61N7O9S. The molecule has 1 aromatic rings. The first-order valence-electron chi connectivity index (χ1n) is 19.2. The number of ketones is 1. The summed E-state index contributed by atoms with van der Waals surface area (Å²) in [5, 5.41) is 8.42. The molecule has 1 unspecified atom stereocenters. The summed E-state index contributed by atoms with van der Waals surface area (Å²) in [7, 11) is -2.00. The first-order chi connectivity index (χ1) is 25.8. The average Bonchev–Trinajstić information content (AvgIpc) is 3.39. The number of rotatable bonds is 15. The Bertz CT molecular complexity index is 1770. The Balaban J connectivity index is 1.47. The van der Waals surface area contributed by atoms with Gasteiger partial charge in [-0.1, -0.05) is 105 Å². The van der Waals surface area contributed by atoms with Gasteiger partial charge in [-0.15, -0.1) is 0 Å². The van der Waals surface area contributed by atoms with Crippen LogP contribution in [0, 0.1) is 34.0 Å². The molecule has 2 aliphatic carbocycles. The number of Topliss-reactive ketones (excluding diaryl/α,β-unsaturated/α-hetero) is 1. The first-order valence-corrected chi connectivity index (χ1v) is 20.6. The molecule has 3 fully saturated rings. The summed E-state index contributed by atoms with van der Waals surface area (Å²) in [5.74, 6) is -3.06. The molecule has 17 heteroatoms. The van der Waals surface area contributed by atoms with Gasteiger partial charge in [-0.3, -0.25) is 19.2 Å². The molecule has 0 spiro atoms. The number of nitrogens with one attached hydrogen (secondary N) is 3. The van der Waals surface area contributed by atoms with E-state index in [9.17, 15) is 37.2 Å². The second kappa shape index (κ2) is 16.7. The van der Waals surface area contributed by atoms with Crippen molar-refractivity contribution >= 4 is 45.8 Å². The number of piperidine rings is 1. The van der Waals surface area contributed by atoms with Gasteiger partial charge >= 0.3 is 22.3 Å². The third kappa shape index (κ3) is 10.00. The average molecular weight is 804 g/mol. The number of ether oxygens (including phenoxy) is 1. The van der Waals surface area contributed by atoms with Crippen molar-refractivity contribution in [3.8, 4) is 0 Å². The molecule has 6 atom stereocenters. The van der Waals surface area contributed by atoms with Gasteiger partial charge in [0.1, 0.15) is 18.7 Å². The topological polar surface area (TPSA) is 218 Å². The first kappa shape index (κ1) is 44.5. The maximum absolute atomic E-state index is 14.5. The van der Waals surface area contributed by atoms with Crippen LogP contribution in [0.2, 0.25) is 0 Å². The molecular weight excluding hydrogens is 743 g/mol. The maximum atomic E-state index is 14.5. The van der Waals surface area contributed by atoms with E-state index >= 15 is 0 Å². The van der Waals surface area contributed by atoms with E-state index in [4.69, 9.17) is 10.5 Å². The normalized spacial score (nSPS) is 22.1. The van der Waals surface area contributed by atoms with Crippen molar-refractivity contribution in [2.75, 3.05) is 27.2 Å². The van der Waals surface area contributed by atoms with Crippen LogP contribution in [-0.4, -0.2) is 109 Å². The quantitative estimate of drug-likeness (QED) is 0.192. The highest BCUT2D eigenvalue weighted by Gasteiger charge is 2.70. The van der Waals surface area contributed by atoms with Gasteiger partial charge in [0.15, 0.2) is 0 Å². The fraction of sp³-hybridized carbons (Fsp3) is 0.692. The zero-order valence-electron chi connectivity index (χ0n) is 34.4. The van der Waals surface area contributed by atoms with Gasteiger partial charge in [0.05, 0.1) is 6.04 Å². The molecule has 1 aliphatic heterocycles. The fourth-order valence-corrected chi connectivity index (χ4v) is 8.68. The molecule has 5 N–H and O–H groups in total. The van der Waals surface area contributed by atoms with E-state index in [0.29, 0.717) is 9.87 Å². The van der Waals surface area contributed by atoms with Gasteiger partial charge in [0.25, 0.3) is 5.91 Å². The van der Waals surface area contributed by atoms with Crippen molar-refractivity contribution in [1.29, 1.82) is 0 Å². The Morgan fingerprint density at radius 2 is 1.55 bits per heavy atom. The molecule has 2 saturated carbocycles. The summed E-state index contributed by atoms with van der Waals surface area (Å²) >= 11 is 0. The summed E-state index contributed by atoms with van der Waals surface area (Å²) in [6.45, 7) is 14.7. The summed E-state index contributed by atoms with van der Waals surface area (Å²) < 4.78 is 33.5. The van der Waals surface area contributed by atoms with Crippen molar-refractivity contribution in [3.05, 3.63) is 35.9 Å². The fourth-order valence-electron chi connectivity index (χ4n) is 7.68. The number of amides is 6. The number of fused-ring (bicyclic) bond motifs is 1. The summed E-state index contributed by atoms with van der Waals surface area (Å²) in [5.41, 5.74) is 4.24. The number of nitrogens with two attached hydrogens (primary N) is 1.